The Morgan fingerprint density at radius 2 is 1.61 bits per heavy atom. The third kappa shape index (κ3) is 2.43. The summed E-state index contributed by atoms with van der Waals surface area (Å²) >= 11 is 5.22. The molecule has 2 rings (SSSR count). The third-order valence-electron chi connectivity index (χ3n) is 2.88. The smallest absolute Gasteiger partial charge is 0.261 e. The van der Waals surface area contributed by atoms with Gasteiger partial charge in [-0.1, -0.05) is 12.1 Å². The van der Waals surface area contributed by atoms with Gasteiger partial charge in [-0.3, -0.25) is 19.3 Å². The molecule has 0 saturated heterocycles. The monoisotopic (exact) mass is 265 g/mol. The van der Waals surface area contributed by atoms with Crippen LogP contribution in [-0.4, -0.2) is 28.5 Å². The second-order valence-corrected chi connectivity index (χ2v) is 4.54. The molecule has 0 atom stereocenters. The molecule has 1 aliphatic heterocycles. The molecule has 0 unspecified atom stereocenters. The minimum atomic E-state index is -0.391. The highest BCUT2D eigenvalue weighted by molar-refractivity contribution is 6.63. The number of imide groups is 1. The maximum atomic E-state index is 11.9. The highest BCUT2D eigenvalue weighted by Crippen LogP contribution is 2.22. The summed E-state index contributed by atoms with van der Waals surface area (Å²) in [4.78, 5) is 35.7. The predicted octanol–water partition coefficient (Wildman–Crippen LogP) is 2.22. The number of amides is 2. The van der Waals surface area contributed by atoms with Crippen molar-refractivity contribution in [2.24, 2.45) is 0 Å². The van der Waals surface area contributed by atoms with Crippen molar-refractivity contribution in [1.29, 1.82) is 0 Å². The van der Waals surface area contributed by atoms with Crippen molar-refractivity contribution in [2.75, 3.05) is 6.54 Å². The molecule has 0 aromatic heterocycles. The molecule has 1 aromatic carbocycles. The summed E-state index contributed by atoms with van der Waals surface area (Å²) < 4.78 is 0. The summed E-state index contributed by atoms with van der Waals surface area (Å²) in [5.74, 6) is -0.513. The van der Waals surface area contributed by atoms with Gasteiger partial charge in [-0.15, -0.1) is 0 Å². The van der Waals surface area contributed by atoms with E-state index in [9.17, 15) is 14.4 Å². The molecule has 94 valence electrons. The second-order valence-electron chi connectivity index (χ2n) is 4.12. The zero-order valence-corrected chi connectivity index (χ0v) is 10.4. The van der Waals surface area contributed by atoms with E-state index in [1.165, 1.54) is 4.90 Å². The number of unbranched alkanes of at least 4 members (excludes halogenated alkanes) is 1. The van der Waals surface area contributed by atoms with E-state index in [1.807, 2.05) is 0 Å². The fourth-order valence-electron chi connectivity index (χ4n) is 1.98. The number of nitrogens with zero attached hydrogens (tertiary/aromatic N) is 1. The third-order valence-corrected chi connectivity index (χ3v) is 3.07. The molecule has 2 amide bonds. The van der Waals surface area contributed by atoms with E-state index in [4.69, 9.17) is 11.6 Å². The van der Waals surface area contributed by atoms with Crippen LogP contribution in [0.15, 0.2) is 24.3 Å². The number of fused-ring (bicyclic) bond motifs is 1. The Bertz CT molecular complexity index is 478. The number of benzene rings is 1. The average Bonchev–Trinajstić information content (AvgIpc) is 2.59. The van der Waals surface area contributed by atoms with Crippen LogP contribution < -0.4 is 0 Å². The molecular weight excluding hydrogens is 254 g/mol. The minimum Gasteiger partial charge on any atom is -0.281 e. The molecule has 0 N–H and O–H groups in total. The SMILES string of the molecule is O=C(Cl)CCCCN1C(=O)c2ccccc2C1=O. The number of carbonyl (C=O) groups excluding carboxylic acids is 3. The summed E-state index contributed by atoms with van der Waals surface area (Å²) in [6.07, 6.45) is 1.43. The van der Waals surface area contributed by atoms with E-state index in [2.05, 4.69) is 0 Å². The van der Waals surface area contributed by atoms with Gasteiger partial charge in [-0.25, -0.2) is 0 Å². The lowest BCUT2D eigenvalue weighted by Gasteiger charge is -2.12. The van der Waals surface area contributed by atoms with Gasteiger partial charge in [0.1, 0.15) is 0 Å². The van der Waals surface area contributed by atoms with E-state index in [0.29, 0.717) is 30.5 Å². The van der Waals surface area contributed by atoms with Gasteiger partial charge in [0.2, 0.25) is 5.24 Å². The zero-order valence-electron chi connectivity index (χ0n) is 9.69. The lowest BCUT2D eigenvalue weighted by Crippen LogP contribution is -2.30. The van der Waals surface area contributed by atoms with Crippen molar-refractivity contribution < 1.29 is 14.4 Å². The van der Waals surface area contributed by atoms with Gasteiger partial charge in [0.05, 0.1) is 11.1 Å². The number of rotatable bonds is 5. The second kappa shape index (κ2) is 5.31. The van der Waals surface area contributed by atoms with Crippen LogP contribution in [0.2, 0.25) is 0 Å². The van der Waals surface area contributed by atoms with Crippen LogP contribution in [0.25, 0.3) is 0 Å². The first kappa shape index (κ1) is 12.8. The fourth-order valence-corrected chi connectivity index (χ4v) is 2.11. The number of carbonyl (C=O) groups is 3. The molecule has 0 spiro atoms. The summed E-state index contributed by atoms with van der Waals surface area (Å²) in [6, 6.07) is 6.77. The molecule has 4 nitrogen and oxygen atoms in total. The van der Waals surface area contributed by atoms with E-state index < -0.39 is 5.24 Å². The Hall–Kier alpha value is -1.68. The molecule has 1 aromatic rings. The van der Waals surface area contributed by atoms with Crippen LogP contribution >= 0.6 is 11.6 Å². The normalized spacial score (nSPS) is 13.9. The van der Waals surface area contributed by atoms with Crippen molar-refractivity contribution in [3.8, 4) is 0 Å². The van der Waals surface area contributed by atoms with Crippen LogP contribution in [0.4, 0.5) is 0 Å². The Kier molecular flexibility index (Phi) is 3.77. The van der Waals surface area contributed by atoms with Crippen molar-refractivity contribution in [3.05, 3.63) is 35.4 Å². The lowest BCUT2D eigenvalue weighted by molar-refractivity contribution is -0.111. The highest BCUT2D eigenvalue weighted by atomic mass is 35.5. The molecular formula is C13H12ClNO3. The van der Waals surface area contributed by atoms with E-state index in [-0.39, 0.29) is 18.2 Å². The van der Waals surface area contributed by atoms with E-state index >= 15 is 0 Å². The molecule has 18 heavy (non-hydrogen) atoms. The summed E-state index contributed by atoms with van der Waals surface area (Å²) in [5, 5.41) is -0.391. The van der Waals surface area contributed by atoms with Crippen LogP contribution in [0, 0.1) is 0 Å². The van der Waals surface area contributed by atoms with Gasteiger partial charge in [0, 0.05) is 13.0 Å². The zero-order chi connectivity index (χ0) is 13.1. The van der Waals surface area contributed by atoms with Crippen molar-refractivity contribution >= 4 is 28.7 Å². The van der Waals surface area contributed by atoms with Gasteiger partial charge in [0.15, 0.2) is 0 Å². The average molecular weight is 266 g/mol. The molecule has 0 fully saturated rings. The molecule has 0 aliphatic carbocycles. The minimum absolute atomic E-state index is 0.257. The van der Waals surface area contributed by atoms with Gasteiger partial charge < -0.3 is 0 Å². The van der Waals surface area contributed by atoms with Crippen LogP contribution in [0.5, 0.6) is 0 Å². The highest BCUT2D eigenvalue weighted by Gasteiger charge is 2.34. The van der Waals surface area contributed by atoms with Crippen molar-refractivity contribution in [2.45, 2.75) is 19.3 Å². The number of hydrogen-bond donors (Lipinski definition) is 0. The Labute approximate surface area is 110 Å². The standard InChI is InChI=1S/C13H12ClNO3/c14-11(16)7-3-4-8-15-12(17)9-5-1-2-6-10(9)13(15)18/h1-2,5-6H,3-4,7-8H2. The van der Waals surface area contributed by atoms with E-state index in [1.54, 1.807) is 24.3 Å². The van der Waals surface area contributed by atoms with Gasteiger partial charge in [0.25, 0.3) is 11.8 Å². The Balaban J connectivity index is 1.99. The Morgan fingerprint density at radius 1 is 1.06 bits per heavy atom. The molecule has 1 aliphatic rings. The molecule has 1 heterocycles. The maximum Gasteiger partial charge on any atom is 0.261 e. The van der Waals surface area contributed by atoms with Gasteiger partial charge in [-0.2, -0.15) is 0 Å². The summed E-state index contributed by atoms with van der Waals surface area (Å²) in [5.41, 5.74) is 0.909. The first-order chi connectivity index (χ1) is 8.61. The van der Waals surface area contributed by atoms with Crippen LogP contribution in [0.1, 0.15) is 40.0 Å². The van der Waals surface area contributed by atoms with Crippen LogP contribution in [-0.2, 0) is 4.79 Å². The predicted molar refractivity (Wildman–Crippen MR) is 66.5 cm³/mol. The molecule has 0 saturated carbocycles. The lowest BCUT2D eigenvalue weighted by atomic mass is 10.1. The number of halogens is 1. The summed E-state index contributed by atoms with van der Waals surface area (Å²) in [6.45, 7) is 0.330. The molecule has 0 bridgehead atoms. The summed E-state index contributed by atoms with van der Waals surface area (Å²) in [7, 11) is 0. The fraction of sp³-hybridized carbons (Fsp3) is 0.308. The molecule has 0 radical (unpaired) electrons. The van der Waals surface area contributed by atoms with Gasteiger partial charge >= 0.3 is 0 Å². The Morgan fingerprint density at radius 3 is 2.11 bits per heavy atom. The van der Waals surface area contributed by atoms with Crippen molar-refractivity contribution in [1.82, 2.24) is 4.90 Å². The maximum absolute atomic E-state index is 11.9. The van der Waals surface area contributed by atoms with E-state index in [0.717, 1.165) is 0 Å². The first-order valence-corrected chi connectivity index (χ1v) is 6.12. The topological polar surface area (TPSA) is 54.5 Å². The van der Waals surface area contributed by atoms with Gasteiger partial charge in [-0.05, 0) is 36.6 Å². The van der Waals surface area contributed by atoms with Crippen LogP contribution in [0.3, 0.4) is 0 Å². The number of hydrogen-bond acceptors (Lipinski definition) is 3. The quantitative estimate of drug-likeness (QED) is 0.466. The van der Waals surface area contributed by atoms with Crippen molar-refractivity contribution in [3.63, 3.8) is 0 Å². The molecule has 5 heteroatoms. The largest absolute Gasteiger partial charge is 0.281 e. The first-order valence-electron chi connectivity index (χ1n) is 5.75.